The number of fused-ring (bicyclic) bond motifs is 1. The molecule has 0 bridgehead atoms. The molecule has 1 aliphatic carbocycles. The third kappa shape index (κ3) is 4.05. The molecule has 2 atom stereocenters. The van der Waals surface area contributed by atoms with Crippen LogP contribution in [0.3, 0.4) is 0 Å². The predicted octanol–water partition coefficient (Wildman–Crippen LogP) is 4.29. The molecular formula is C17H30N2OS. The minimum atomic E-state index is 0.0842. The van der Waals surface area contributed by atoms with Crippen molar-refractivity contribution in [3.05, 3.63) is 15.6 Å². The average Bonchev–Trinajstić information content (AvgIpc) is 2.78. The Labute approximate surface area is 133 Å². The Balaban J connectivity index is 2.22. The van der Waals surface area contributed by atoms with Gasteiger partial charge in [0.05, 0.1) is 5.69 Å². The van der Waals surface area contributed by atoms with Crippen molar-refractivity contribution < 1.29 is 4.74 Å². The number of aryl methyl sites for hydroxylation is 1. The van der Waals surface area contributed by atoms with Crippen LogP contribution in [0.2, 0.25) is 0 Å². The van der Waals surface area contributed by atoms with Crippen molar-refractivity contribution in [1.82, 2.24) is 10.3 Å². The normalized spacial score (nSPS) is 20.6. The molecule has 0 radical (unpaired) electrons. The molecule has 0 saturated heterocycles. The first-order valence-corrected chi connectivity index (χ1v) is 8.90. The lowest BCUT2D eigenvalue weighted by Gasteiger charge is -2.27. The minimum Gasteiger partial charge on any atom is -0.374 e. The molecule has 1 heterocycles. The fourth-order valence-electron chi connectivity index (χ4n) is 3.04. The van der Waals surface area contributed by atoms with Crippen molar-refractivity contribution in [3.63, 3.8) is 0 Å². The fourth-order valence-corrected chi connectivity index (χ4v) is 4.56. The van der Waals surface area contributed by atoms with Crippen molar-refractivity contribution in [2.75, 3.05) is 13.7 Å². The molecule has 120 valence electrons. The number of ether oxygens (including phenoxy) is 1. The minimum absolute atomic E-state index is 0.0842. The van der Waals surface area contributed by atoms with Crippen LogP contribution in [-0.2, 0) is 11.2 Å². The fraction of sp³-hybridized carbons (Fsp3) is 0.824. The summed E-state index contributed by atoms with van der Waals surface area (Å²) in [4.78, 5) is 6.49. The SMILES string of the molecule is COC(c1nc2c(s1)CCCC2CNC(C)C)C(C)(C)C. The van der Waals surface area contributed by atoms with Crippen LogP contribution in [0.5, 0.6) is 0 Å². The zero-order chi connectivity index (χ0) is 15.6. The number of methoxy groups -OCH3 is 1. The van der Waals surface area contributed by atoms with E-state index in [9.17, 15) is 0 Å². The van der Waals surface area contributed by atoms with Gasteiger partial charge in [0, 0.05) is 30.5 Å². The Morgan fingerprint density at radius 1 is 1.38 bits per heavy atom. The first kappa shape index (κ1) is 16.9. The standard InChI is InChI=1S/C17H30N2OS/c1-11(2)18-10-12-8-7-9-13-14(12)19-16(21-13)15(20-6)17(3,4)5/h11-12,15,18H,7-10H2,1-6H3. The maximum atomic E-state index is 5.74. The van der Waals surface area contributed by atoms with Crippen molar-refractivity contribution >= 4 is 11.3 Å². The molecule has 1 aromatic heterocycles. The van der Waals surface area contributed by atoms with Crippen molar-refractivity contribution in [1.29, 1.82) is 0 Å². The van der Waals surface area contributed by atoms with Crippen LogP contribution in [0.1, 0.15) is 75.1 Å². The van der Waals surface area contributed by atoms with Gasteiger partial charge in [-0.05, 0) is 24.7 Å². The van der Waals surface area contributed by atoms with Crippen molar-refractivity contribution in [3.8, 4) is 0 Å². The van der Waals surface area contributed by atoms with Gasteiger partial charge < -0.3 is 10.1 Å². The van der Waals surface area contributed by atoms with Crippen molar-refractivity contribution in [2.24, 2.45) is 5.41 Å². The van der Waals surface area contributed by atoms with Crippen LogP contribution >= 0.6 is 11.3 Å². The molecular weight excluding hydrogens is 280 g/mol. The van der Waals surface area contributed by atoms with Gasteiger partial charge in [-0.3, -0.25) is 0 Å². The molecule has 1 N–H and O–H groups in total. The summed E-state index contributed by atoms with van der Waals surface area (Å²) in [5.41, 5.74) is 1.42. The zero-order valence-corrected chi connectivity index (χ0v) is 15.1. The molecule has 0 aromatic carbocycles. The Kier molecular flexibility index (Phi) is 5.44. The molecule has 21 heavy (non-hydrogen) atoms. The molecule has 0 saturated carbocycles. The second-order valence-corrected chi connectivity index (χ2v) is 8.61. The van der Waals surface area contributed by atoms with Gasteiger partial charge in [0.2, 0.25) is 0 Å². The lowest BCUT2D eigenvalue weighted by atomic mass is 9.88. The molecule has 4 heteroatoms. The van der Waals surface area contributed by atoms with Crippen molar-refractivity contribution in [2.45, 2.75) is 71.9 Å². The first-order valence-electron chi connectivity index (χ1n) is 8.08. The molecule has 2 rings (SSSR count). The van der Waals surface area contributed by atoms with Gasteiger partial charge in [-0.25, -0.2) is 4.98 Å². The van der Waals surface area contributed by atoms with E-state index in [1.165, 1.54) is 29.8 Å². The maximum Gasteiger partial charge on any atom is 0.123 e. The van der Waals surface area contributed by atoms with Gasteiger partial charge in [0.15, 0.2) is 0 Å². The topological polar surface area (TPSA) is 34.1 Å². The number of nitrogens with zero attached hydrogens (tertiary/aromatic N) is 1. The first-order chi connectivity index (χ1) is 9.82. The van der Waals surface area contributed by atoms with E-state index >= 15 is 0 Å². The zero-order valence-electron chi connectivity index (χ0n) is 14.3. The van der Waals surface area contributed by atoms with Gasteiger partial charge in [0.25, 0.3) is 0 Å². The Morgan fingerprint density at radius 2 is 2.10 bits per heavy atom. The molecule has 0 fully saturated rings. The summed E-state index contributed by atoms with van der Waals surface area (Å²) in [6.45, 7) is 12.1. The van der Waals surface area contributed by atoms with Crippen LogP contribution in [0.25, 0.3) is 0 Å². The number of hydrogen-bond acceptors (Lipinski definition) is 4. The van der Waals surface area contributed by atoms with Crippen LogP contribution < -0.4 is 5.32 Å². The van der Waals surface area contributed by atoms with E-state index in [1.54, 1.807) is 7.11 Å². The van der Waals surface area contributed by atoms with Crippen LogP contribution in [0, 0.1) is 5.41 Å². The Bertz CT molecular complexity index is 462. The second kappa shape index (κ2) is 6.76. The summed E-state index contributed by atoms with van der Waals surface area (Å²) in [6.07, 6.45) is 3.81. The predicted molar refractivity (Wildman–Crippen MR) is 90.1 cm³/mol. The summed E-state index contributed by atoms with van der Waals surface area (Å²) in [6, 6.07) is 0.537. The van der Waals surface area contributed by atoms with Gasteiger partial charge in [0.1, 0.15) is 11.1 Å². The van der Waals surface area contributed by atoms with E-state index < -0.39 is 0 Å². The molecule has 2 unspecified atom stereocenters. The third-order valence-corrected chi connectivity index (χ3v) is 5.28. The largest absolute Gasteiger partial charge is 0.374 e. The summed E-state index contributed by atoms with van der Waals surface area (Å²) < 4.78 is 5.74. The number of aromatic nitrogens is 1. The summed E-state index contributed by atoms with van der Waals surface area (Å²) in [5, 5.41) is 4.73. The monoisotopic (exact) mass is 310 g/mol. The highest BCUT2D eigenvalue weighted by Crippen LogP contribution is 2.42. The molecule has 0 spiro atoms. The molecule has 1 aliphatic rings. The highest BCUT2D eigenvalue weighted by Gasteiger charge is 2.32. The average molecular weight is 311 g/mol. The van der Waals surface area contributed by atoms with E-state index in [1.807, 2.05) is 11.3 Å². The van der Waals surface area contributed by atoms with Gasteiger partial charge >= 0.3 is 0 Å². The molecule has 0 amide bonds. The quantitative estimate of drug-likeness (QED) is 0.880. The van der Waals surface area contributed by atoms with E-state index in [4.69, 9.17) is 9.72 Å². The van der Waals surface area contributed by atoms with E-state index in [0.717, 1.165) is 11.6 Å². The molecule has 1 aromatic rings. The maximum absolute atomic E-state index is 5.74. The van der Waals surface area contributed by atoms with Crippen LogP contribution in [0.15, 0.2) is 0 Å². The third-order valence-electron chi connectivity index (χ3n) is 4.11. The number of nitrogens with one attached hydrogen (secondary N) is 1. The van der Waals surface area contributed by atoms with Gasteiger partial charge in [-0.2, -0.15) is 0 Å². The van der Waals surface area contributed by atoms with Gasteiger partial charge in [-0.15, -0.1) is 11.3 Å². The van der Waals surface area contributed by atoms with Gasteiger partial charge in [-0.1, -0.05) is 34.6 Å². The number of thiazole rings is 1. The lowest BCUT2D eigenvalue weighted by Crippen LogP contribution is -2.29. The summed E-state index contributed by atoms with van der Waals surface area (Å²) >= 11 is 1.87. The second-order valence-electron chi connectivity index (χ2n) is 7.49. The Hall–Kier alpha value is -0.450. The van der Waals surface area contributed by atoms with Crippen LogP contribution in [0.4, 0.5) is 0 Å². The van der Waals surface area contributed by atoms with E-state index in [0.29, 0.717) is 12.0 Å². The number of hydrogen-bond donors (Lipinski definition) is 1. The van der Waals surface area contributed by atoms with E-state index in [-0.39, 0.29) is 11.5 Å². The summed E-state index contributed by atoms with van der Waals surface area (Å²) in [5.74, 6) is 0.568. The summed E-state index contributed by atoms with van der Waals surface area (Å²) in [7, 11) is 1.80. The smallest absolute Gasteiger partial charge is 0.123 e. The lowest BCUT2D eigenvalue weighted by molar-refractivity contribution is 0.0149. The van der Waals surface area contributed by atoms with E-state index in [2.05, 4.69) is 39.9 Å². The van der Waals surface area contributed by atoms with Crippen LogP contribution in [-0.4, -0.2) is 24.7 Å². The molecule has 0 aliphatic heterocycles. The highest BCUT2D eigenvalue weighted by atomic mass is 32.1. The molecule has 3 nitrogen and oxygen atoms in total. The number of rotatable bonds is 5. The highest BCUT2D eigenvalue weighted by molar-refractivity contribution is 7.11. The Morgan fingerprint density at radius 3 is 2.67 bits per heavy atom.